The van der Waals surface area contributed by atoms with Gasteiger partial charge in [0.05, 0.1) is 12.6 Å². The normalized spacial score (nSPS) is 19.8. The van der Waals surface area contributed by atoms with Gasteiger partial charge in [-0.15, -0.1) is 0 Å². The Labute approximate surface area is 164 Å². The molecule has 2 unspecified atom stereocenters. The Morgan fingerprint density at radius 2 is 2.18 bits per heavy atom. The van der Waals surface area contributed by atoms with Crippen molar-refractivity contribution in [1.29, 1.82) is 0 Å². The van der Waals surface area contributed by atoms with Gasteiger partial charge in [0.2, 0.25) is 0 Å². The number of methoxy groups -OCH3 is 1. The summed E-state index contributed by atoms with van der Waals surface area (Å²) in [6, 6.07) is 5.66. The van der Waals surface area contributed by atoms with Gasteiger partial charge in [-0.1, -0.05) is 6.07 Å². The molecule has 1 aromatic heterocycles. The van der Waals surface area contributed by atoms with Gasteiger partial charge in [0.1, 0.15) is 17.1 Å². The second-order valence-corrected chi connectivity index (χ2v) is 7.70. The van der Waals surface area contributed by atoms with Crippen LogP contribution in [0.1, 0.15) is 32.5 Å². The van der Waals surface area contributed by atoms with E-state index in [1.54, 1.807) is 12.0 Å². The van der Waals surface area contributed by atoms with Crippen molar-refractivity contribution < 1.29 is 19.4 Å². The van der Waals surface area contributed by atoms with E-state index in [9.17, 15) is 14.7 Å². The van der Waals surface area contributed by atoms with Crippen molar-refractivity contribution >= 4 is 23.0 Å². The number of carbonyl (C=O) groups is 2. The fraction of sp³-hybridized carbons (Fsp3) is 0.550. The Kier molecular flexibility index (Phi) is 6.06. The van der Waals surface area contributed by atoms with Crippen LogP contribution in [-0.4, -0.2) is 58.2 Å². The number of benzene rings is 1. The summed E-state index contributed by atoms with van der Waals surface area (Å²) in [7, 11) is 1.61. The second-order valence-electron chi connectivity index (χ2n) is 7.70. The predicted octanol–water partition coefficient (Wildman–Crippen LogP) is 2.64. The van der Waals surface area contributed by atoms with Crippen molar-refractivity contribution in [2.45, 2.75) is 39.2 Å². The third-order valence-electron chi connectivity index (χ3n) is 5.23. The summed E-state index contributed by atoms with van der Waals surface area (Å²) in [6.07, 6.45) is 1.36. The molecule has 1 fully saturated rings. The number of imidazole rings is 1. The molecule has 8 nitrogen and oxygen atoms in total. The molecule has 1 aliphatic rings. The van der Waals surface area contributed by atoms with Crippen molar-refractivity contribution in [3.63, 3.8) is 0 Å². The number of para-hydroxylation sites is 1. The smallest absolute Gasteiger partial charge is 0.317 e. The monoisotopic (exact) mass is 388 g/mol. The number of fused-ring (bicyclic) bond motifs is 1. The van der Waals surface area contributed by atoms with E-state index in [0.29, 0.717) is 31.7 Å². The number of H-pyrrole nitrogens is 1. The van der Waals surface area contributed by atoms with E-state index in [1.807, 2.05) is 32.0 Å². The topological polar surface area (TPSA) is 108 Å². The van der Waals surface area contributed by atoms with E-state index >= 15 is 0 Å². The zero-order valence-electron chi connectivity index (χ0n) is 16.6. The number of aromatic nitrogens is 2. The van der Waals surface area contributed by atoms with Crippen LogP contribution in [0.15, 0.2) is 18.2 Å². The molecule has 2 heterocycles. The average molecular weight is 388 g/mol. The summed E-state index contributed by atoms with van der Waals surface area (Å²) in [5.74, 6) is 0.709. The highest BCUT2D eigenvalue weighted by Crippen LogP contribution is 2.31. The molecule has 1 aliphatic heterocycles. The van der Waals surface area contributed by atoms with Crippen molar-refractivity contribution in [1.82, 2.24) is 20.2 Å². The largest absolute Gasteiger partial charge is 0.494 e. The number of hydrogen-bond donors (Lipinski definition) is 3. The van der Waals surface area contributed by atoms with Crippen LogP contribution >= 0.6 is 0 Å². The summed E-state index contributed by atoms with van der Waals surface area (Å²) in [5, 5.41) is 12.2. The Morgan fingerprint density at radius 1 is 1.39 bits per heavy atom. The summed E-state index contributed by atoms with van der Waals surface area (Å²) in [5.41, 5.74) is 1.65. The van der Waals surface area contributed by atoms with Gasteiger partial charge in [0.25, 0.3) is 0 Å². The summed E-state index contributed by atoms with van der Waals surface area (Å²) in [4.78, 5) is 33.5. The summed E-state index contributed by atoms with van der Waals surface area (Å²) in [6.45, 7) is 4.94. The van der Waals surface area contributed by atoms with E-state index in [4.69, 9.17) is 4.74 Å². The molecule has 1 aromatic carbocycles. The molecule has 8 heteroatoms. The predicted molar refractivity (Wildman–Crippen MR) is 105 cm³/mol. The number of ether oxygens (including phenoxy) is 1. The maximum absolute atomic E-state index is 12.4. The number of aromatic amines is 1. The van der Waals surface area contributed by atoms with Gasteiger partial charge in [-0.05, 0) is 44.2 Å². The number of carbonyl (C=O) groups excluding carboxylic acids is 1. The first-order valence-electron chi connectivity index (χ1n) is 9.66. The van der Waals surface area contributed by atoms with Gasteiger partial charge in [0, 0.05) is 32.0 Å². The molecule has 3 N–H and O–H groups in total. The van der Waals surface area contributed by atoms with E-state index < -0.39 is 5.97 Å². The van der Waals surface area contributed by atoms with Crippen LogP contribution in [0.3, 0.4) is 0 Å². The molecule has 0 radical (unpaired) electrons. The second kappa shape index (κ2) is 8.50. The number of carboxylic acids is 1. The first kappa shape index (κ1) is 20.0. The number of nitrogens with zero attached hydrogens (tertiary/aromatic N) is 2. The number of rotatable bonds is 6. The van der Waals surface area contributed by atoms with Crippen molar-refractivity contribution in [2.75, 3.05) is 20.2 Å². The zero-order chi connectivity index (χ0) is 20.3. The van der Waals surface area contributed by atoms with E-state index in [0.717, 1.165) is 16.9 Å². The minimum absolute atomic E-state index is 0.00991. The van der Waals surface area contributed by atoms with Crippen molar-refractivity contribution in [3.05, 3.63) is 24.0 Å². The SMILES string of the molecule is COc1cccc2[nH]c(CC3CN(C(=O)NC(C)C)CCC3CC(=O)O)nc12. The highest BCUT2D eigenvalue weighted by Gasteiger charge is 2.33. The minimum atomic E-state index is -0.804. The number of aliphatic carboxylic acids is 1. The Morgan fingerprint density at radius 3 is 2.86 bits per heavy atom. The Balaban J connectivity index is 1.80. The third-order valence-corrected chi connectivity index (χ3v) is 5.23. The van der Waals surface area contributed by atoms with Gasteiger partial charge < -0.3 is 25.0 Å². The lowest BCUT2D eigenvalue weighted by Gasteiger charge is -2.38. The van der Waals surface area contributed by atoms with Crippen LogP contribution in [0.25, 0.3) is 11.0 Å². The van der Waals surface area contributed by atoms with E-state index in [2.05, 4.69) is 15.3 Å². The number of likely N-dealkylation sites (tertiary alicyclic amines) is 1. The quantitative estimate of drug-likeness (QED) is 0.705. The number of nitrogens with one attached hydrogen (secondary N) is 2. The van der Waals surface area contributed by atoms with Crippen LogP contribution in [0.2, 0.25) is 0 Å². The molecule has 0 aliphatic carbocycles. The molecule has 152 valence electrons. The standard InChI is InChI=1S/C20H28N4O4/c1-12(2)21-20(27)24-8-7-13(10-18(25)26)14(11-24)9-17-22-15-5-4-6-16(28-3)19(15)23-17/h4-6,12-14H,7-11H2,1-3H3,(H,21,27)(H,22,23)(H,25,26). The average Bonchev–Trinajstić information content (AvgIpc) is 3.04. The van der Waals surface area contributed by atoms with Gasteiger partial charge >= 0.3 is 12.0 Å². The number of carboxylic acid groups (broad SMARTS) is 1. The fourth-order valence-electron chi connectivity index (χ4n) is 3.89. The molecule has 2 aromatic rings. The molecule has 0 saturated carbocycles. The maximum Gasteiger partial charge on any atom is 0.317 e. The number of urea groups is 1. The van der Waals surface area contributed by atoms with Crippen molar-refractivity contribution in [3.8, 4) is 5.75 Å². The summed E-state index contributed by atoms with van der Waals surface area (Å²) >= 11 is 0. The van der Waals surface area contributed by atoms with Gasteiger partial charge in [-0.2, -0.15) is 0 Å². The molecule has 2 amide bonds. The molecule has 1 saturated heterocycles. The third kappa shape index (κ3) is 4.55. The number of hydrogen-bond acceptors (Lipinski definition) is 4. The highest BCUT2D eigenvalue weighted by atomic mass is 16.5. The first-order valence-corrected chi connectivity index (χ1v) is 9.66. The number of piperidine rings is 1. The lowest BCUT2D eigenvalue weighted by Crippen LogP contribution is -2.50. The van der Waals surface area contributed by atoms with Gasteiger partial charge in [-0.3, -0.25) is 4.79 Å². The van der Waals surface area contributed by atoms with Crippen LogP contribution in [0, 0.1) is 11.8 Å². The molecule has 28 heavy (non-hydrogen) atoms. The van der Waals surface area contributed by atoms with Gasteiger partial charge in [0.15, 0.2) is 0 Å². The van der Waals surface area contributed by atoms with E-state index in [-0.39, 0.29) is 30.3 Å². The molecule has 3 rings (SSSR count). The van der Waals surface area contributed by atoms with Crippen LogP contribution in [0.4, 0.5) is 4.79 Å². The minimum Gasteiger partial charge on any atom is -0.494 e. The Bertz CT molecular complexity index is 848. The van der Waals surface area contributed by atoms with E-state index in [1.165, 1.54) is 0 Å². The summed E-state index contributed by atoms with van der Waals surface area (Å²) < 4.78 is 5.37. The van der Waals surface area contributed by atoms with Crippen molar-refractivity contribution in [2.24, 2.45) is 11.8 Å². The highest BCUT2D eigenvalue weighted by molar-refractivity contribution is 5.81. The lowest BCUT2D eigenvalue weighted by atomic mass is 9.81. The molecular weight excluding hydrogens is 360 g/mol. The molecule has 0 bridgehead atoms. The first-order chi connectivity index (χ1) is 13.4. The fourth-order valence-corrected chi connectivity index (χ4v) is 3.89. The molecular formula is C20H28N4O4. The lowest BCUT2D eigenvalue weighted by molar-refractivity contribution is -0.139. The van der Waals surface area contributed by atoms with Gasteiger partial charge in [-0.25, -0.2) is 9.78 Å². The van der Waals surface area contributed by atoms with Crippen LogP contribution in [-0.2, 0) is 11.2 Å². The van der Waals surface area contributed by atoms with Crippen LogP contribution < -0.4 is 10.1 Å². The molecule has 2 atom stereocenters. The maximum atomic E-state index is 12.4. The number of amides is 2. The molecule has 0 spiro atoms. The van der Waals surface area contributed by atoms with Crippen LogP contribution in [0.5, 0.6) is 5.75 Å². The zero-order valence-corrected chi connectivity index (χ0v) is 16.6. The Hall–Kier alpha value is -2.77.